The highest BCUT2D eigenvalue weighted by Crippen LogP contribution is 2.41. The van der Waals surface area contributed by atoms with Crippen LogP contribution in [0.5, 0.6) is 0 Å². The molecule has 1 aliphatic rings. The summed E-state index contributed by atoms with van der Waals surface area (Å²) in [5.74, 6) is 0.652. The fourth-order valence-corrected chi connectivity index (χ4v) is 3.62. The molecule has 0 aromatic carbocycles. The largest absolute Gasteiger partial charge is 0.354 e. The van der Waals surface area contributed by atoms with Crippen LogP contribution < -0.4 is 0 Å². The highest BCUT2D eigenvalue weighted by molar-refractivity contribution is 5.99. The van der Waals surface area contributed by atoms with Crippen LogP contribution in [0, 0.1) is 5.92 Å². The molecule has 8 heteroatoms. The lowest BCUT2D eigenvalue weighted by molar-refractivity contribution is -0.00867. The minimum absolute atomic E-state index is 0.117. The van der Waals surface area contributed by atoms with Gasteiger partial charge in [-0.2, -0.15) is 0 Å². The number of rotatable bonds is 4. The zero-order valence-corrected chi connectivity index (χ0v) is 14.6. The standard InChI is InChI=1S/C18H19N7O/c1-3-12-8-11(2)18(26-12)25-9-13(14-6-4-5-7-20-14)15-16(23-24-19)21-10-22-17(15)25/h4-7,9-12,18H,3,8H2,1-2H3/t11-,12-,18-/m1/s1. The van der Waals surface area contributed by atoms with Gasteiger partial charge in [-0.1, -0.05) is 19.9 Å². The summed E-state index contributed by atoms with van der Waals surface area (Å²) in [7, 11) is 0. The molecule has 0 amide bonds. The maximum atomic E-state index is 8.92. The summed E-state index contributed by atoms with van der Waals surface area (Å²) in [6.45, 7) is 4.32. The number of nitrogens with zero attached hydrogens (tertiary/aromatic N) is 7. The van der Waals surface area contributed by atoms with Crippen molar-refractivity contribution in [2.24, 2.45) is 11.0 Å². The molecule has 0 radical (unpaired) electrons. The summed E-state index contributed by atoms with van der Waals surface area (Å²) >= 11 is 0. The first kappa shape index (κ1) is 16.5. The zero-order valence-electron chi connectivity index (χ0n) is 14.6. The Morgan fingerprint density at radius 3 is 2.92 bits per heavy atom. The second-order valence-electron chi connectivity index (χ2n) is 6.52. The van der Waals surface area contributed by atoms with E-state index in [4.69, 9.17) is 10.3 Å². The summed E-state index contributed by atoms with van der Waals surface area (Å²) in [6, 6.07) is 5.70. The van der Waals surface area contributed by atoms with Crippen molar-refractivity contribution in [3.05, 3.63) is 47.4 Å². The average molecular weight is 349 g/mol. The molecule has 132 valence electrons. The molecule has 0 bridgehead atoms. The predicted molar refractivity (Wildman–Crippen MR) is 97.5 cm³/mol. The molecule has 3 atom stereocenters. The van der Waals surface area contributed by atoms with E-state index in [9.17, 15) is 0 Å². The molecule has 26 heavy (non-hydrogen) atoms. The van der Waals surface area contributed by atoms with Gasteiger partial charge in [0.25, 0.3) is 0 Å². The van der Waals surface area contributed by atoms with Gasteiger partial charge in [0.15, 0.2) is 0 Å². The molecule has 4 heterocycles. The Hall–Kier alpha value is -2.96. The first-order valence-corrected chi connectivity index (χ1v) is 8.70. The number of fused-ring (bicyclic) bond motifs is 1. The minimum Gasteiger partial charge on any atom is -0.354 e. The lowest BCUT2D eigenvalue weighted by atomic mass is 10.0. The maximum Gasteiger partial charge on any atom is 0.146 e. The molecule has 3 aromatic heterocycles. The third-order valence-electron chi connectivity index (χ3n) is 4.85. The van der Waals surface area contributed by atoms with Crippen molar-refractivity contribution in [3.8, 4) is 11.3 Å². The van der Waals surface area contributed by atoms with E-state index in [2.05, 4.69) is 38.8 Å². The number of aromatic nitrogens is 4. The Balaban J connectivity index is 1.95. The van der Waals surface area contributed by atoms with Crippen LogP contribution in [-0.4, -0.2) is 25.6 Å². The quantitative estimate of drug-likeness (QED) is 0.384. The van der Waals surface area contributed by atoms with Gasteiger partial charge >= 0.3 is 0 Å². The van der Waals surface area contributed by atoms with Crippen molar-refractivity contribution < 1.29 is 4.74 Å². The van der Waals surface area contributed by atoms with Crippen LogP contribution in [0.3, 0.4) is 0 Å². The molecule has 0 aliphatic carbocycles. The Kier molecular flexibility index (Phi) is 4.28. The number of pyridine rings is 1. The molecule has 0 saturated carbocycles. The molecule has 8 nitrogen and oxygen atoms in total. The summed E-state index contributed by atoms with van der Waals surface area (Å²) in [6.07, 6.45) is 7.24. The van der Waals surface area contributed by atoms with Gasteiger partial charge in [0.1, 0.15) is 24.0 Å². The fourth-order valence-electron chi connectivity index (χ4n) is 3.62. The van der Waals surface area contributed by atoms with E-state index >= 15 is 0 Å². The normalized spacial score (nSPS) is 22.5. The second kappa shape index (κ2) is 6.74. The van der Waals surface area contributed by atoms with Crippen molar-refractivity contribution in [3.63, 3.8) is 0 Å². The maximum absolute atomic E-state index is 8.92. The SMILES string of the molecule is CC[C@@H]1C[C@@H](C)[C@H](n2cc(-c3ccccn3)c3c(N=[N+]=[N-])ncnc32)O1. The summed E-state index contributed by atoms with van der Waals surface area (Å²) in [5.41, 5.74) is 11.2. The van der Waals surface area contributed by atoms with Crippen molar-refractivity contribution in [2.75, 3.05) is 0 Å². The van der Waals surface area contributed by atoms with Gasteiger partial charge in [-0.3, -0.25) is 4.98 Å². The molecule has 4 rings (SSSR count). The van der Waals surface area contributed by atoms with Crippen LogP contribution in [0.1, 0.15) is 32.9 Å². The Bertz CT molecular complexity index is 978. The average Bonchev–Trinajstić information content (AvgIpc) is 3.23. The Morgan fingerprint density at radius 1 is 1.35 bits per heavy atom. The zero-order chi connectivity index (χ0) is 18.1. The molecular formula is C18H19N7O. The number of hydrogen-bond acceptors (Lipinski definition) is 5. The van der Waals surface area contributed by atoms with Crippen LogP contribution in [0.2, 0.25) is 0 Å². The summed E-state index contributed by atoms with van der Waals surface area (Å²) < 4.78 is 8.27. The van der Waals surface area contributed by atoms with Gasteiger partial charge in [-0.05, 0) is 35.6 Å². The van der Waals surface area contributed by atoms with E-state index < -0.39 is 0 Å². The Labute approximate surface area is 150 Å². The second-order valence-corrected chi connectivity index (χ2v) is 6.52. The third kappa shape index (κ3) is 2.69. The fraction of sp³-hybridized carbons (Fsp3) is 0.389. The molecule has 1 saturated heterocycles. The lowest BCUT2D eigenvalue weighted by Gasteiger charge is -2.18. The highest BCUT2D eigenvalue weighted by Gasteiger charge is 2.34. The number of azide groups is 1. The van der Waals surface area contributed by atoms with Gasteiger partial charge in [-0.25, -0.2) is 9.97 Å². The highest BCUT2D eigenvalue weighted by atomic mass is 16.5. The lowest BCUT2D eigenvalue weighted by Crippen LogP contribution is -2.13. The molecular weight excluding hydrogens is 330 g/mol. The van der Waals surface area contributed by atoms with E-state index in [0.29, 0.717) is 22.8 Å². The van der Waals surface area contributed by atoms with Crippen LogP contribution in [0.15, 0.2) is 42.0 Å². The number of hydrogen-bond donors (Lipinski definition) is 0. The van der Waals surface area contributed by atoms with E-state index in [0.717, 1.165) is 24.1 Å². The first-order chi connectivity index (χ1) is 12.7. The molecule has 0 unspecified atom stereocenters. The van der Waals surface area contributed by atoms with Gasteiger partial charge < -0.3 is 9.30 Å². The van der Waals surface area contributed by atoms with Crippen molar-refractivity contribution in [1.82, 2.24) is 19.5 Å². The van der Waals surface area contributed by atoms with Crippen LogP contribution in [0.25, 0.3) is 32.7 Å². The van der Waals surface area contributed by atoms with Crippen molar-refractivity contribution in [2.45, 2.75) is 39.0 Å². The summed E-state index contributed by atoms with van der Waals surface area (Å²) in [5, 5.41) is 4.45. The first-order valence-electron chi connectivity index (χ1n) is 8.70. The molecule has 0 N–H and O–H groups in total. The van der Waals surface area contributed by atoms with E-state index in [1.165, 1.54) is 6.33 Å². The van der Waals surface area contributed by atoms with Gasteiger partial charge in [0.05, 0.1) is 17.2 Å². The van der Waals surface area contributed by atoms with E-state index in [1.54, 1.807) is 6.20 Å². The summed E-state index contributed by atoms with van der Waals surface area (Å²) in [4.78, 5) is 16.0. The topological polar surface area (TPSA) is 102 Å². The number of ether oxygens (including phenoxy) is 1. The van der Waals surface area contributed by atoms with Gasteiger partial charge in [-0.15, -0.1) is 0 Å². The van der Waals surface area contributed by atoms with E-state index in [-0.39, 0.29) is 12.3 Å². The predicted octanol–water partition coefficient (Wildman–Crippen LogP) is 4.77. The monoisotopic (exact) mass is 349 g/mol. The van der Waals surface area contributed by atoms with Gasteiger partial charge in [0.2, 0.25) is 0 Å². The smallest absolute Gasteiger partial charge is 0.146 e. The molecule has 1 aliphatic heterocycles. The van der Waals surface area contributed by atoms with E-state index in [1.807, 2.05) is 29.0 Å². The Morgan fingerprint density at radius 2 is 2.23 bits per heavy atom. The van der Waals surface area contributed by atoms with Crippen LogP contribution in [0.4, 0.5) is 5.82 Å². The molecule has 1 fully saturated rings. The van der Waals surface area contributed by atoms with Crippen molar-refractivity contribution >= 4 is 16.9 Å². The minimum atomic E-state index is -0.117. The van der Waals surface area contributed by atoms with Crippen LogP contribution >= 0.6 is 0 Å². The third-order valence-corrected chi connectivity index (χ3v) is 4.85. The molecule has 0 spiro atoms. The van der Waals surface area contributed by atoms with Gasteiger partial charge in [0, 0.05) is 28.8 Å². The van der Waals surface area contributed by atoms with Crippen molar-refractivity contribution in [1.29, 1.82) is 0 Å². The molecule has 3 aromatic rings. The van der Waals surface area contributed by atoms with Crippen LogP contribution in [-0.2, 0) is 4.74 Å².